The van der Waals surface area contributed by atoms with Crippen LogP contribution in [0.4, 0.5) is 0 Å². The van der Waals surface area contributed by atoms with E-state index in [0.717, 1.165) is 12.8 Å². The highest BCUT2D eigenvalue weighted by molar-refractivity contribution is 5.69. The smallest absolute Gasteiger partial charge is 0.306 e. The zero-order valence-corrected chi connectivity index (χ0v) is 15.8. The Balaban J connectivity index is 3.42. The van der Waals surface area contributed by atoms with Crippen molar-refractivity contribution in [3.05, 3.63) is 0 Å². The number of unbranched alkanes of at least 4 members (excludes halogenated alkanes) is 8. The summed E-state index contributed by atoms with van der Waals surface area (Å²) in [5.41, 5.74) is 0. The van der Waals surface area contributed by atoms with E-state index < -0.39 is 0 Å². The van der Waals surface area contributed by atoms with Crippen LogP contribution >= 0.6 is 0 Å². The predicted octanol–water partition coefficient (Wildman–Crippen LogP) is 4.89. The fourth-order valence-corrected chi connectivity index (χ4v) is 2.48. The second-order valence-corrected chi connectivity index (χ2v) is 6.48. The third-order valence-electron chi connectivity index (χ3n) is 3.83. The van der Waals surface area contributed by atoms with E-state index in [4.69, 9.17) is 14.2 Å². The summed E-state index contributed by atoms with van der Waals surface area (Å²) in [6, 6.07) is 0. The maximum Gasteiger partial charge on any atom is 0.306 e. The van der Waals surface area contributed by atoms with E-state index in [9.17, 15) is 4.79 Å². The van der Waals surface area contributed by atoms with Crippen molar-refractivity contribution in [3.63, 3.8) is 0 Å². The van der Waals surface area contributed by atoms with Gasteiger partial charge in [-0.1, -0.05) is 58.3 Å². The van der Waals surface area contributed by atoms with Crippen molar-refractivity contribution in [2.24, 2.45) is 0 Å². The number of methoxy groups -OCH3 is 1. The molecular weight excluding hydrogens is 292 g/mol. The summed E-state index contributed by atoms with van der Waals surface area (Å²) in [5, 5.41) is 0. The minimum atomic E-state index is -0.194. The highest BCUT2D eigenvalue weighted by Gasteiger charge is 2.11. The molecule has 0 aromatic heterocycles. The molecule has 4 nitrogen and oxygen atoms in total. The molecule has 0 aliphatic heterocycles. The van der Waals surface area contributed by atoms with E-state index >= 15 is 0 Å². The molecule has 0 aromatic rings. The fourth-order valence-electron chi connectivity index (χ4n) is 2.48. The topological polar surface area (TPSA) is 44.8 Å². The van der Waals surface area contributed by atoms with Gasteiger partial charge in [-0.2, -0.15) is 0 Å². The minimum Gasteiger partial charge on any atom is -0.460 e. The van der Waals surface area contributed by atoms with E-state index in [1.807, 2.05) is 13.8 Å². The van der Waals surface area contributed by atoms with Gasteiger partial charge in [0.1, 0.15) is 6.10 Å². The molecule has 0 aliphatic carbocycles. The molecule has 0 heterocycles. The Labute approximate surface area is 143 Å². The Bertz CT molecular complexity index is 268. The molecule has 138 valence electrons. The van der Waals surface area contributed by atoms with Gasteiger partial charge in [-0.05, 0) is 20.3 Å². The van der Waals surface area contributed by atoms with E-state index in [1.165, 1.54) is 44.9 Å². The maximum atomic E-state index is 11.7. The van der Waals surface area contributed by atoms with Crippen molar-refractivity contribution in [1.82, 2.24) is 0 Å². The molecule has 2 unspecified atom stereocenters. The first-order valence-corrected chi connectivity index (χ1v) is 9.40. The normalized spacial score (nSPS) is 13.7. The molecule has 0 bridgehead atoms. The molecule has 23 heavy (non-hydrogen) atoms. The second-order valence-electron chi connectivity index (χ2n) is 6.48. The van der Waals surface area contributed by atoms with Crippen LogP contribution in [0, 0.1) is 0 Å². The van der Waals surface area contributed by atoms with Crippen LogP contribution in [0.5, 0.6) is 0 Å². The Hall–Kier alpha value is -0.610. The van der Waals surface area contributed by atoms with E-state index in [0.29, 0.717) is 19.6 Å². The maximum absolute atomic E-state index is 11.7. The molecule has 0 aliphatic rings. The van der Waals surface area contributed by atoms with E-state index in [1.54, 1.807) is 7.11 Å². The van der Waals surface area contributed by atoms with Crippen LogP contribution in [0.25, 0.3) is 0 Å². The number of rotatable bonds is 16. The first kappa shape index (κ1) is 22.4. The largest absolute Gasteiger partial charge is 0.460 e. The van der Waals surface area contributed by atoms with Gasteiger partial charge in [-0.25, -0.2) is 0 Å². The van der Waals surface area contributed by atoms with E-state index in [-0.39, 0.29) is 18.2 Å². The number of hydrogen-bond donors (Lipinski definition) is 0. The van der Waals surface area contributed by atoms with Crippen LogP contribution in [-0.2, 0) is 19.0 Å². The van der Waals surface area contributed by atoms with Crippen molar-refractivity contribution < 1.29 is 19.0 Å². The van der Waals surface area contributed by atoms with Crippen LogP contribution in [-0.4, -0.2) is 38.5 Å². The van der Waals surface area contributed by atoms with Gasteiger partial charge in [0, 0.05) is 13.5 Å². The molecule has 0 spiro atoms. The average Bonchev–Trinajstić information content (AvgIpc) is 2.51. The average molecular weight is 331 g/mol. The summed E-state index contributed by atoms with van der Waals surface area (Å²) in [5.74, 6) is -0.108. The van der Waals surface area contributed by atoms with E-state index in [2.05, 4.69) is 6.92 Å². The Kier molecular flexibility index (Phi) is 15.8. The van der Waals surface area contributed by atoms with Crippen molar-refractivity contribution >= 4 is 5.97 Å². The molecule has 0 N–H and O–H groups in total. The molecule has 0 amide bonds. The second kappa shape index (κ2) is 16.3. The molecule has 0 fully saturated rings. The van der Waals surface area contributed by atoms with Gasteiger partial charge in [0.15, 0.2) is 0 Å². The third kappa shape index (κ3) is 16.0. The number of ether oxygens (including phenoxy) is 3. The summed E-state index contributed by atoms with van der Waals surface area (Å²) in [6.07, 6.45) is 11.6. The summed E-state index contributed by atoms with van der Waals surface area (Å²) < 4.78 is 15.9. The lowest BCUT2D eigenvalue weighted by Gasteiger charge is -2.17. The third-order valence-corrected chi connectivity index (χ3v) is 3.83. The molecule has 4 heteroatoms. The molecule has 2 atom stereocenters. The summed E-state index contributed by atoms with van der Waals surface area (Å²) in [7, 11) is 1.65. The highest BCUT2D eigenvalue weighted by atomic mass is 16.6. The lowest BCUT2D eigenvalue weighted by atomic mass is 10.1. The van der Waals surface area contributed by atoms with Gasteiger partial charge in [0.25, 0.3) is 0 Å². The lowest BCUT2D eigenvalue weighted by molar-refractivity contribution is -0.152. The van der Waals surface area contributed by atoms with Crippen molar-refractivity contribution in [3.8, 4) is 0 Å². The molecule has 0 saturated carbocycles. The lowest BCUT2D eigenvalue weighted by Crippen LogP contribution is -2.25. The summed E-state index contributed by atoms with van der Waals surface area (Å²) in [4.78, 5) is 11.7. The highest BCUT2D eigenvalue weighted by Crippen LogP contribution is 2.11. The van der Waals surface area contributed by atoms with Gasteiger partial charge in [-0.15, -0.1) is 0 Å². The number of esters is 1. The van der Waals surface area contributed by atoms with Crippen molar-refractivity contribution in [1.29, 1.82) is 0 Å². The standard InChI is InChI=1S/C19H38O4/c1-5-6-7-8-9-10-11-12-13-14-19(20)23-18(3)16-22-17(2)15-21-4/h17-18H,5-16H2,1-4H3. The molecule has 0 radical (unpaired) electrons. The van der Waals surface area contributed by atoms with Gasteiger partial charge < -0.3 is 14.2 Å². The minimum absolute atomic E-state index is 0.0264. The quantitative estimate of drug-likeness (QED) is 0.298. The molecule has 0 aromatic carbocycles. The van der Waals surface area contributed by atoms with Gasteiger partial charge in [-0.3, -0.25) is 4.79 Å². The number of carbonyl (C=O) groups excluding carboxylic acids is 1. The Morgan fingerprint density at radius 3 is 1.96 bits per heavy atom. The van der Waals surface area contributed by atoms with Crippen LogP contribution in [0.2, 0.25) is 0 Å². The van der Waals surface area contributed by atoms with Crippen molar-refractivity contribution in [2.75, 3.05) is 20.3 Å². The molecule has 0 saturated heterocycles. The van der Waals surface area contributed by atoms with Crippen LogP contribution < -0.4 is 0 Å². The van der Waals surface area contributed by atoms with Gasteiger partial charge in [0.2, 0.25) is 0 Å². The number of hydrogen-bond acceptors (Lipinski definition) is 4. The first-order valence-electron chi connectivity index (χ1n) is 9.40. The summed E-state index contributed by atoms with van der Waals surface area (Å²) >= 11 is 0. The Morgan fingerprint density at radius 1 is 0.826 bits per heavy atom. The molecular formula is C19H38O4. The monoisotopic (exact) mass is 330 g/mol. The van der Waals surface area contributed by atoms with Crippen LogP contribution in [0.1, 0.15) is 85.0 Å². The van der Waals surface area contributed by atoms with Crippen LogP contribution in [0.3, 0.4) is 0 Å². The van der Waals surface area contributed by atoms with Crippen LogP contribution in [0.15, 0.2) is 0 Å². The summed E-state index contributed by atoms with van der Waals surface area (Å²) in [6.45, 7) is 7.04. The Morgan fingerprint density at radius 2 is 1.39 bits per heavy atom. The van der Waals surface area contributed by atoms with Gasteiger partial charge in [0.05, 0.1) is 19.3 Å². The first-order chi connectivity index (χ1) is 11.1. The van der Waals surface area contributed by atoms with Crippen molar-refractivity contribution in [2.45, 2.75) is 97.2 Å². The molecule has 0 rings (SSSR count). The zero-order chi connectivity index (χ0) is 17.3. The fraction of sp³-hybridized carbons (Fsp3) is 0.947. The predicted molar refractivity (Wildman–Crippen MR) is 94.7 cm³/mol. The SMILES string of the molecule is CCCCCCCCCCCC(=O)OC(C)COC(C)COC. The number of carbonyl (C=O) groups is 1. The van der Waals surface area contributed by atoms with Gasteiger partial charge >= 0.3 is 5.97 Å². The zero-order valence-electron chi connectivity index (χ0n) is 15.8.